The Bertz CT molecular complexity index is 243. The minimum atomic E-state index is -4.03. The van der Waals surface area contributed by atoms with Crippen molar-refractivity contribution < 1.29 is 18.0 Å². The van der Waals surface area contributed by atoms with Gasteiger partial charge in [-0.1, -0.05) is 0 Å². The smallest absolute Gasteiger partial charge is 0.305 e. The van der Waals surface area contributed by atoms with Crippen molar-refractivity contribution in [2.24, 2.45) is 0 Å². The third-order valence-corrected chi connectivity index (χ3v) is 4.54. The van der Waals surface area contributed by atoms with Gasteiger partial charge in [0.2, 0.25) is 0 Å². The second kappa shape index (κ2) is 5.06. The van der Waals surface area contributed by atoms with Crippen molar-refractivity contribution in [3.05, 3.63) is 0 Å². The number of nitrogens with zero attached hydrogens (tertiary/aromatic N) is 1. The van der Waals surface area contributed by atoms with E-state index in [0.29, 0.717) is 0 Å². The lowest BCUT2D eigenvalue weighted by Gasteiger charge is -2.21. The fraction of sp³-hybridized carbons (Fsp3) is 0.833. The number of hydrogen-bond donors (Lipinski definition) is 0. The molecule has 0 aromatic heterocycles. The quantitative estimate of drug-likeness (QED) is 0.571. The summed E-state index contributed by atoms with van der Waals surface area (Å²) in [6.07, 6.45) is 0. The topological polar surface area (TPSA) is 59.3 Å². The van der Waals surface area contributed by atoms with Crippen LogP contribution >= 0.6 is 23.5 Å². The summed E-state index contributed by atoms with van der Waals surface area (Å²) >= 11 is 2.36. The fourth-order valence-electron chi connectivity index (χ4n) is 0.601. The summed E-state index contributed by atoms with van der Waals surface area (Å²) in [6, 6.07) is 1.19. The van der Waals surface area contributed by atoms with Gasteiger partial charge in [0.25, 0.3) is 0 Å². The molecular formula is C6H10BrFNO3P. The van der Waals surface area contributed by atoms with Gasteiger partial charge in [0.15, 0.2) is 0 Å². The monoisotopic (exact) mass is 273 g/mol. The molecule has 1 unspecified atom stereocenters. The predicted octanol–water partition coefficient (Wildman–Crippen LogP) is 2.79. The molecule has 76 valence electrons. The van der Waals surface area contributed by atoms with Crippen LogP contribution in [0.4, 0.5) is 4.39 Å². The van der Waals surface area contributed by atoms with Gasteiger partial charge in [-0.05, 0) is 29.8 Å². The normalized spacial score (nSPS) is 16.2. The van der Waals surface area contributed by atoms with Crippen LogP contribution in [0.2, 0.25) is 0 Å². The van der Waals surface area contributed by atoms with E-state index in [1.54, 1.807) is 0 Å². The highest BCUT2D eigenvalue weighted by molar-refractivity contribution is 9.11. The Kier molecular flexibility index (Phi) is 5.08. The molecule has 0 N–H and O–H groups in total. The van der Waals surface area contributed by atoms with Crippen LogP contribution in [0.5, 0.6) is 0 Å². The van der Waals surface area contributed by atoms with Crippen molar-refractivity contribution in [1.82, 2.24) is 0 Å². The minimum absolute atomic E-state index is 0.0101. The molecule has 0 bridgehead atoms. The SMILES string of the molecule is CCOP(=O)(OCC)C(F)(Br)C#N. The third-order valence-electron chi connectivity index (χ3n) is 1.08. The zero-order chi connectivity index (χ0) is 10.5. The first-order valence-electron chi connectivity index (χ1n) is 3.61. The first-order valence-corrected chi connectivity index (χ1v) is 5.95. The average Bonchev–Trinajstić information content (AvgIpc) is 2.05. The maximum Gasteiger partial charge on any atom is 0.393 e. The van der Waals surface area contributed by atoms with Crippen LogP contribution < -0.4 is 0 Å². The van der Waals surface area contributed by atoms with Crippen LogP contribution in [0, 0.1) is 11.3 Å². The first kappa shape index (κ1) is 13.1. The van der Waals surface area contributed by atoms with E-state index >= 15 is 0 Å². The van der Waals surface area contributed by atoms with E-state index in [2.05, 4.69) is 25.0 Å². The van der Waals surface area contributed by atoms with Crippen molar-refractivity contribution >= 4 is 23.5 Å². The molecule has 0 radical (unpaired) electrons. The van der Waals surface area contributed by atoms with Crippen LogP contribution in [-0.2, 0) is 13.6 Å². The summed E-state index contributed by atoms with van der Waals surface area (Å²) in [5.41, 5.74) is 0. The highest BCUT2D eigenvalue weighted by atomic mass is 79.9. The van der Waals surface area contributed by atoms with Crippen molar-refractivity contribution in [1.29, 1.82) is 5.26 Å². The maximum atomic E-state index is 13.3. The van der Waals surface area contributed by atoms with Crippen molar-refractivity contribution in [2.45, 2.75) is 18.2 Å². The van der Waals surface area contributed by atoms with E-state index in [1.165, 1.54) is 19.9 Å². The maximum absolute atomic E-state index is 13.3. The molecule has 7 heteroatoms. The Hall–Kier alpha value is 0.0500. The average molecular weight is 274 g/mol. The lowest BCUT2D eigenvalue weighted by atomic mass is 10.9. The summed E-state index contributed by atoms with van der Waals surface area (Å²) in [5, 5.41) is 8.38. The van der Waals surface area contributed by atoms with Crippen LogP contribution in [-0.4, -0.2) is 17.5 Å². The number of hydrogen-bond acceptors (Lipinski definition) is 4. The van der Waals surface area contributed by atoms with Crippen LogP contribution in [0.15, 0.2) is 0 Å². The zero-order valence-electron chi connectivity index (χ0n) is 7.29. The summed E-state index contributed by atoms with van der Waals surface area (Å²) in [6.45, 7) is 3.09. The Balaban J connectivity index is 4.80. The molecule has 0 heterocycles. The van der Waals surface area contributed by atoms with Gasteiger partial charge in [0.05, 0.1) is 13.2 Å². The van der Waals surface area contributed by atoms with E-state index in [1.807, 2.05) is 0 Å². The van der Waals surface area contributed by atoms with Crippen molar-refractivity contribution in [3.8, 4) is 6.07 Å². The summed E-state index contributed by atoms with van der Waals surface area (Å²) in [7, 11) is -4.03. The molecule has 0 saturated carbocycles. The molecule has 0 aromatic carbocycles. The summed E-state index contributed by atoms with van der Waals surface area (Å²) in [5.74, 6) is 0. The molecule has 0 aliphatic heterocycles. The highest BCUT2D eigenvalue weighted by Crippen LogP contribution is 2.63. The molecule has 0 spiro atoms. The molecule has 0 aliphatic rings. The number of halogens is 2. The van der Waals surface area contributed by atoms with E-state index in [0.717, 1.165) is 0 Å². The largest absolute Gasteiger partial charge is 0.393 e. The minimum Gasteiger partial charge on any atom is -0.305 e. The number of rotatable bonds is 5. The second-order valence-corrected chi connectivity index (χ2v) is 5.82. The molecule has 0 aromatic rings. The summed E-state index contributed by atoms with van der Waals surface area (Å²) in [4.78, 5) is 0. The van der Waals surface area contributed by atoms with Gasteiger partial charge in [0, 0.05) is 0 Å². The van der Waals surface area contributed by atoms with E-state index < -0.39 is 11.9 Å². The Morgan fingerprint density at radius 1 is 1.54 bits per heavy atom. The first-order chi connectivity index (χ1) is 5.93. The lowest BCUT2D eigenvalue weighted by Crippen LogP contribution is -2.15. The Morgan fingerprint density at radius 3 is 2.15 bits per heavy atom. The zero-order valence-corrected chi connectivity index (χ0v) is 9.77. The van der Waals surface area contributed by atoms with E-state index in [4.69, 9.17) is 5.26 Å². The van der Waals surface area contributed by atoms with E-state index in [-0.39, 0.29) is 13.2 Å². The van der Waals surface area contributed by atoms with Crippen LogP contribution in [0.3, 0.4) is 0 Å². The van der Waals surface area contributed by atoms with E-state index in [9.17, 15) is 8.96 Å². The van der Waals surface area contributed by atoms with Gasteiger partial charge in [-0.25, -0.2) is 4.39 Å². The Morgan fingerprint density at radius 2 is 1.92 bits per heavy atom. The van der Waals surface area contributed by atoms with Gasteiger partial charge in [0.1, 0.15) is 6.07 Å². The molecular weight excluding hydrogens is 264 g/mol. The lowest BCUT2D eigenvalue weighted by molar-refractivity contribution is 0.195. The van der Waals surface area contributed by atoms with Gasteiger partial charge >= 0.3 is 11.9 Å². The van der Waals surface area contributed by atoms with Gasteiger partial charge < -0.3 is 9.05 Å². The third kappa shape index (κ3) is 3.03. The van der Waals surface area contributed by atoms with Crippen molar-refractivity contribution in [2.75, 3.05) is 13.2 Å². The molecule has 0 aliphatic carbocycles. The van der Waals surface area contributed by atoms with Gasteiger partial charge in [-0.2, -0.15) is 5.26 Å². The fourth-order valence-corrected chi connectivity index (χ4v) is 2.42. The standard InChI is InChI=1S/C6H10BrFNO3P/c1-3-11-13(10,12-4-2)6(7,8)5-9/h3-4H2,1-2H3. The molecule has 0 fully saturated rings. The molecule has 0 saturated heterocycles. The molecule has 13 heavy (non-hydrogen) atoms. The highest BCUT2D eigenvalue weighted by Gasteiger charge is 2.51. The number of alkyl halides is 2. The molecule has 0 rings (SSSR count). The van der Waals surface area contributed by atoms with Gasteiger partial charge in [-0.3, -0.25) is 4.57 Å². The van der Waals surface area contributed by atoms with Crippen molar-refractivity contribution in [3.63, 3.8) is 0 Å². The molecule has 1 atom stereocenters. The van der Waals surface area contributed by atoms with Crippen LogP contribution in [0.1, 0.15) is 13.8 Å². The van der Waals surface area contributed by atoms with Crippen LogP contribution in [0.25, 0.3) is 0 Å². The second-order valence-electron chi connectivity index (χ2n) is 1.99. The molecule has 4 nitrogen and oxygen atoms in total. The molecule has 0 amide bonds. The number of nitriles is 1. The summed E-state index contributed by atoms with van der Waals surface area (Å²) < 4.78 is 31.3. The van der Waals surface area contributed by atoms with Gasteiger partial charge in [-0.15, -0.1) is 0 Å². The Labute approximate surface area is 84.7 Å². The predicted molar refractivity (Wildman–Crippen MR) is 49.2 cm³/mol.